The van der Waals surface area contributed by atoms with Crippen LogP contribution in [0, 0.1) is 0 Å². The number of hydrogen-bond donors (Lipinski definition) is 2. The van der Waals surface area contributed by atoms with Crippen molar-refractivity contribution in [1.82, 2.24) is 59.0 Å². The minimum Gasteiger partial charge on any atom is -0.354 e. The van der Waals surface area contributed by atoms with E-state index in [-0.39, 0.29) is 0 Å². The maximum Gasteiger partial charge on any atom is 0.139 e. The summed E-state index contributed by atoms with van der Waals surface area (Å²) < 4.78 is 4.59. The number of imidazole rings is 2. The average molecular weight is 673 g/mol. The zero-order valence-electron chi connectivity index (χ0n) is 26.6. The van der Waals surface area contributed by atoms with Gasteiger partial charge in [0.05, 0.1) is 48.2 Å². The first-order valence-electron chi connectivity index (χ1n) is 16.5. The Morgan fingerprint density at radius 2 is 1.24 bits per heavy atom. The van der Waals surface area contributed by atoms with Gasteiger partial charge in [0.15, 0.2) is 0 Å². The number of aromatic amines is 2. The third-order valence-electron chi connectivity index (χ3n) is 9.65. The lowest BCUT2D eigenvalue weighted by Gasteiger charge is -2.34. The van der Waals surface area contributed by atoms with Crippen molar-refractivity contribution in [3.63, 3.8) is 0 Å². The highest BCUT2D eigenvalue weighted by atomic mass is 35.5. The molecule has 15 heteroatoms. The van der Waals surface area contributed by atoms with Gasteiger partial charge in [-0.3, -0.25) is 0 Å². The highest BCUT2D eigenvalue weighted by Gasteiger charge is 2.26. The molecule has 2 fully saturated rings. The molecule has 0 unspecified atom stereocenters. The first-order chi connectivity index (χ1) is 24.2. The number of nitrogens with one attached hydrogen (secondary N) is 2. The molecule has 2 aliphatic rings. The number of anilines is 2. The Hall–Kier alpha value is -5.63. The Morgan fingerprint density at radius 3 is 1.82 bits per heavy atom. The van der Waals surface area contributed by atoms with Gasteiger partial charge in [-0.05, 0) is 43.9 Å². The molecule has 0 saturated carbocycles. The highest BCUT2D eigenvalue weighted by molar-refractivity contribution is 6.29. The molecule has 0 aromatic carbocycles. The van der Waals surface area contributed by atoms with Crippen LogP contribution in [-0.4, -0.2) is 85.2 Å². The van der Waals surface area contributed by atoms with Crippen LogP contribution in [0.2, 0.25) is 5.15 Å². The molecule has 10 rings (SSSR count). The van der Waals surface area contributed by atoms with E-state index in [0.717, 1.165) is 108 Å². The first-order valence-corrected chi connectivity index (χ1v) is 16.9. The van der Waals surface area contributed by atoms with Crippen LogP contribution in [0.1, 0.15) is 37.8 Å². The fraction of sp³-hybridized carbons (Fsp3) is 0.294. The van der Waals surface area contributed by atoms with Gasteiger partial charge in [0, 0.05) is 61.6 Å². The predicted octanol–water partition coefficient (Wildman–Crippen LogP) is 5.74. The summed E-state index contributed by atoms with van der Waals surface area (Å²) in [5.74, 6) is 1.87. The van der Waals surface area contributed by atoms with E-state index in [0.29, 0.717) is 17.2 Å². The molecule has 10 heterocycles. The summed E-state index contributed by atoms with van der Waals surface area (Å²) in [6, 6.07) is 8.64. The molecule has 246 valence electrons. The fourth-order valence-electron chi connectivity index (χ4n) is 7.36. The fourth-order valence-corrected chi connectivity index (χ4v) is 7.51. The summed E-state index contributed by atoms with van der Waals surface area (Å²) in [6.45, 7) is 3.79. The lowest BCUT2D eigenvalue weighted by atomic mass is 10.1. The molecule has 49 heavy (non-hydrogen) atoms. The zero-order chi connectivity index (χ0) is 32.7. The summed E-state index contributed by atoms with van der Waals surface area (Å²) >= 11 is 6.03. The van der Waals surface area contributed by atoms with E-state index < -0.39 is 0 Å². The molecular formula is C34H33ClN14. The standard InChI is InChI=1S/C17H16ClN7.C17H17N7/c18-14-6-15(22-9-21-14)24-5-1-2-11(8-24)25-10-23-13-7-20-17-12(16(13)25)3-4-19-17;1-2-12(9-23(7-1)15-4-5-18-10-21-15)24-11-22-14-8-20-17-13(16(14)24)3-6-19-17/h3-4,6-7,9-11H,1-2,5,8H2,(H,19,20);3-6,8,10-12H,1-2,7,9H2,(H,19,20)/t11-;12-/m11/s1. The van der Waals surface area contributed by atoms with Crippen molar-refractivity contribution in [2.45, 2.75) is 37.8 Å². The van der Waals surface area contributed by atoms with Crippen molar-refractivity contribution < 1.29 is 0 Å². The van der Waals surface area contributed by atoms with Gasteiger partial charge in [-0.1, -0.05) is 11.6 Å². The Labute approximate surface area is 285 Å². The van der Waals surface area contributed by atoms with Crippen LogP contribution in [-0.2, 0) is 0 Å². The minimum absolute atomic E-state index is 0.327. The molecule has 0 radical (unpaired) electrons. The van der Waals surface area contributed by atoms with Crippen molar-refractivity contribution in [3.8, 4) is 0 Å². The second-order valence-corrected chi connectivity index (χ2v) is 12.9. The highest BCUT2D eigenvalue weighted by Crippen LogP contribution is 2.32. The van der Waals surface area contributed by atoms with E-state index in [9.17, 15) is 0 Å². The van der Waals surface area contributed by atoms with Crippen molar-refractivity contribution >= 4 is 67.4 Å². The molecule has 14 nitrogen and oxygen atoms in total. The van der Waals surface area contributed by atoms with Gasteiger partial charge in [-0.2, -0.15) is 0 Å². The molecule has 0 amide bonds. The molecular weight excluding hydrogens is 640 g/mol. The largest absolute Gasteiger partial charge is 0.354 e. The molecule has 0 bridgehead atoms. The van der Waals surface area contributed by atoms with Crippen LogP contribution in [0.15, 0.2) is 80.6 Å². The van der Waals surface area contributed by atoms with E-state index in [1.807, 2.05) is 49.6 Å². The van der Waals surface area contributed by atoms with E-state index in [2.05, 4.69) is 80.9 Å². The normalized spacial score (nSPS) is 18.4. The summed E-state index contributed by atoms with van der Waals surface area (Å²) in [6.07, 6.45) is 20.8. The van der Waals surface area contributed by atoms with Gasteiger partial charge in [0.25, 0.3) is 0 Å². The Morgan fingerprint density at radius 1 is 0.653 bits per heavy atom. The molecule has 8 aromatic rings. The zero-order valence-corrected chi connectivity index (χ0v) is 27.3. The number of fused-ring (bicyclic) bond motifs is 6. The van der Waals surface area contributed by atoms with E-state index in [1.165, 1.54) is 6.33 Å². The number of H-pyrrole nitrogens is 2. The maximum absolute atomic E-state index is 6.03. The average Bonchev–Trinajstić information content (AvgIpc) is 3.97. The second-order valence-electron chi connectivity index (χ2n) is 12.5. The molecule has 8 aromatic heterocycles. The van der Waals surface area contributed by atoms with Crippen LogP contribution in [0.3, 0.4) is 0 Å². The molecule has 0 aliphatic carbocycles. The van der Waals surface area contributed by atoms with Crippen molar-refractivity contribution in [3.05, 3.63) is 85.7 Å². The molecule has 0 spiro atoms. The van der Waals surface area contributed by atoms with Gasteiger partial charge in [-0.25, -0.2) is 39.9 Å². The smallest absolute Gasteiger partial charge is 0.139 e. The Balaban J connectivity index is 0.000000133. The summed E-state index contributed by atoms with van der Waals surface area (Å²) in [7, 11) is 0. The van der Waals surface area contributed by atoms with Gasteiger partial charge >= 0.3 is 0 Å². The van der Waals surface area contributed by atoms with Gasteiger partial charge in [-0.15, -0.1) is 0 Å². The molecule has 2 aliphatic heterocycles. The summed E-state index contributed by atoms with van der Waals surface area (Å²) in [5.41, 5.74) is 5.97. The van der Waals surface area contributed by atoms with Gasteiger partial charge < -0.3 is 28.9 Å². The lowest BCUT2D eigenvalue weighted by molar-refractivity contribution is 0.411. The van der Waals surface area contributed by atoms with Crippen LogP contribution in [0.25, 0.3) is 44.1 Å². The molecule has 2 atom stereocenters. The number of rotatable bonds is 4. The monoisotopic (exact) mass is 672 g/mol. The number of aromatic nitrogens is 12. The van der Waals surface area contributed by atoms with Crippen molar-refractivity contribution in [1.29, 1.82) is 0 Å². The number of pyridine rings is 2. The van der Waals surface area contributed by atoms with E-state index in [4.69, 9.17) is 11.6 Å². The second kappa shape index (κ2) is 12.4. The Kier molecular flexibility index (Phi) is 7.49. The summed E-state index contributed by atoms with van der Waals surface area (Å²) in [5, 5.41) is 2.71. The topological polar surface area (TPSA) is 151 Å². The van der Waals surface area contributed by atoms with Crippen LogP contribution < -0.4 is 9.80 Å². The number of halogens is 1. The quantitative estimate of drug-likeness (QED) is 0.221. The van der Waals surface area contributed by atoms with Gasteiger partial charge in [0.2, 0.25) is 0 Å². The SMILES string of the molecule is Clc1cc(N2CCC[C@@H](n3cnc4cnc5[nH]ccc5c43)C2)ncn1.c1cc(N2CCC[C@@H](n3cnc4cnc5[nH]ccc5c43)C2)ncn1. The van der Waals surface area contributed by atoms with E-state index >= 15 is 0 Å². The lowest BCUT2D eigenvalue weighted by Crippen LogP contribution is -2.37. The number of hydrogen-bond acceptors (Lipinski definition) is 10. The van der Waals surface area contributed by atoms with Crippen LogP contribution in [0.4, 0.5) is 11.6 Å². The summed E-state index contributed by atoms with van der Waals surface area (Å²) in [4.78, 5) is 45.7. The van der Waals surface area contributed by atoms with Crippen LogP contribution >= 0.6 is 11.6 Å². The van der Waals surface area contributed by atoms with Crippen molar-refractivity contribution in [2.75, 3.05) is 36.0 Å². The van der Waals surface area contributed by atoms with E-state index in [1.54, 1.807) is 12.5 Å². The Bertz CT molecular complexity index is 2380. The molecule has 2 N–H and O–H groups in total. The van der Waals surface area contributed by atoms with Crippen LogP contribution in [0.5, 0.6) is 0 Å². The molecule has 2 saturated heterocycles. The van der Waals surface area contributed by atoms with Gasteiger partial charge in [0.1, 0.15) is 51.8 Å². The predicted molar refractivity (Wildman–Crippen MR) is 189 cm³/mol. The van der Waals surface area contributed by atoms with Crippen molar-refractivity contribution in [2.24, 2.45) is 0 Å². The third-order valence-corrected chi connectivity index (χ3v) is 9.86. The number of nitrogens with zero attached hydrogens (tertiary/aromatic N) is 12. The number of piperidine rings is 2. The third kappa shape index (κ3) is 5.47. The first kappa shape index (κ1) is 29.5. The minimum atomic E-state index is 0.327. The maximum atomic E-state index is 6.03.